The van der Waals surface area contributed by atoms with Crippen LogP contribution in [0.4, 0.5) is 0 Å². The molecule has 4 N–H and O–H groups in total. The van der Waals surface area contributed by atoms with Crippen molar-refractivity contribution in [1.82, 2.24) is 0 Å². The summed E-state index contributed by atoms with van der Waals surface area (Å²) in [5.41, 5.74) is 0. The molecule has 84 valence electrons. The van der Waals surface area contributed by atoms with Crippen LogP contribution in [-0.2, 0) is 9.59 Å². The number of hydrogen-bond acceptors (Lipinski definition) is 4. The van der Waals surface area contributed by atoms with Crippen molar-refractivity contribution >= 4 is 11.9 Å². The fourth-order valence-corrected chi connectivity index (χ4v) is 0.505. The third-order valence-corrected chi connectivity index (χ3v) is 0.940. The zero-order valence-corrected chi connectivity index (χ0v) is 8.17. The maximum absolute atomic E-state index is 9.65. The van der Waals surface area contributed by atoms with E-state index in [9.17, 15) is 9.59 Å². The second-order valence-corrected chi connectivity index (χ2v) is 2.89. The van der Waals surface area contributed by atoms with Crippen molar-refractivity contribution in [2.75, 3.05) is 0 Å². The number of carboxylic acids is 2. The lowest BCUT2D eigenvalue weighted by molar-refractivity contribution is -0.140. The fourth-order valence-electron chi connectivity index (χ4n) is 0.505. The molecule has 0 aliphatic carbocycles. The number of carboxylic acid groups (broad SMARTS) is 2. The Morgan fingerprint density at radius 2 is 1.14 bits per heavy atom. The molecule has 0 aromatic carbocycles. The highest BCUT2D eigenvalue weighted by Gasteiger charge is 2.00. The monoisotopic (exact) mass is 208 g/mol. The summed E-state index contributed by atoms with van der Waals surface area (Å²) < 4.78 is 0. The predicted octanol–water partition coefficient (Wildman–Crippen LogP) is -0.316. The third kappa shape index (κ3) is 22.4. The lowest BCUT2D eigenvalue weighted by atomic mass is 10.3. The highest BCUT2D eigenvalue weighted by atomic mass is 16.4. The molecule has 0 bridgehead atoms. The highest BCUT2D eigenvalue weighted by Crippen LogP contribution is 1.86. The summed E-state index contributed by atoms with van der Waals surface area (Å²) in [6.07, 6.45) is -1.78. The van der Waals surface area contributed by atoms with E-state index in [1.165, 1.54) is 13.8 Å². The standard InChI is InChI=1S/2C4H8O3/c2*1-3(5)2-4(6)7/h2*3,5H,2H2,1H3,(H,6,7)/t3-;/m0./s1. The molecular weight excluding hydrogens is 192 g/mol. The SMILES string of the molecule is CC(O)CC(=O)O.C[C@H](O)CC(=O)O. The first-order valence-electron chi connectivity index (χ1n) is 4.05. The van der Waals surface area contributed by atoms with Crippen molar-refractivity contribution in [1.29, 1.82) is 0 Å². The van der Waals surface area contributed by atoms with Gasteiger partial charge in [0, 0.05) is 0 Å². The molecule has 1 unspecified atom stereocenters. The van der Waals surface area contributed by atoms with Gasteiger partial charge < -0.3 is 20.4 Å². The largest absolute Gasteiger partial charge is 0.481 e. The molecule has 0 fully saturated rings. The first kappa shape index (κ1) is 15.3. The van der Waals surface area contributed by atoms with Crippen LogP contribution in [0.25, 0.3) is 0 Å². The molecule has 0 aromatic rings. The number of carbonyl (C=O) groups is 2. The Balaban J connectivity index is 0. The first-order valence-corrected chi connectivity index (χ1v) is 4.05. The van der Waals surface area contributed by atoms with E-state index in [1.807, 2.05) is 0 Å². The molecule has 2 atom stereocenters. The Morgan fingerprint density at radius 3 is 1.14 bits per heavy atom. The molecule has 0 aromatic heterocycles. The summed E-state index contributed by atoms with van der Waals surface area (Å²) in [6, 6.07) is 0. The molecule has 0 radical (unpaired) electrons. The number of aliphatic hydroxyl groups excluding tert-OH is 2. The van der Waals surface area contributed by atoms with Crippen molar-refractivity contribution < 1.29 is 30.0 Å². The molecule has 0 amide bonds. The summed E-state index contributed by atoms with van der Waals surface area (Å²) in [6.45, 7) is 2.88. The highest BCUT2D eigenvalue weighted by molar-refractivity contribution is 5.67. The van der Waals surface area contributed by atoms with Crippen LogP contribution in [0.3, 0.4) is 0 Å². The van der Waals surface area contributed by atoms with Gasteiger partial charge >= 0.3 is 11.9 Å². The Morgan fingerprint density at radius 1 is 0.929 bits per heavy atom. The zero-order valence-electron chi connectivity index (χ0n) is 8.17. The van der Waals surface area contributed by atoms with Gasteiger partial charge in [0.25, 0.3) is 0 Å². The van der Waals surface area contributed by atoms with Crippen molar-refractivity contribution in [3.05, 3.63) is 0 Å². The predicted molar refractivity (Wildman–Crippen MR) is 47.9 cm³/mol. The van der Waals surface area contributed by atoms with E-state index in [0.29, 0.717) is 0 Å². The van der Waals surface area contributed by atoms with Gasteiger partial charge in [-0.3, -0.25) is 9.59 Å². The first-order chi connectivity index (χ1) is 6.25. The average Bonchev–Trinajstić information content (AvgIpc) is 1.79. The van der Waals surface area contributed by atoms with Crippen LogP contribution in [0.1, 0.15) is 26.7 Å². The molecule has 0 heterocycles. The molecule has 14 heavy (non-hydrogen) atoms. The smallest absolute Gasteiger partial charge is 0.305 e. The Kier molecular flexibility index (Phi) is 9.27. The van der Waals surface area contributed by atoms with Crippen molar-refractivity contribution in [3.63, 3.8) is 0 Å². The molecule has 0 saturated heterocycles. The maximum atomic E-state index is 9.65. The van der Waals surface area contributed by atoms with Crippen LogP contribution < -0.4 is 0 Å². The molecular formula is C8H16O6. The number of aliphatic carboxylic acids is 2. The van der Waals surface area contributed by atoms with Crippen LogP contribution in [-0.4, -0.2) is 44.6 Å². The van der Waals surface area contributed by atoms with Gasteiger partial charge in [-0.1, -0.05) is 0 Å². The van der Waals surface area contributed by atoms with Crippen LogP contribution in [0.2, 0.25) is 0 Å². The van der Waals surface area contributed by atoms with E-state index in [-0.39, 0.29) is 12.8 Å². The third-order valence-electron chi connectivity index (χ3n) is 0.940. The van der Waals surface area contributed by atoms with Gasteiger partial charge in [-0.05, 0) is 13.8 Å². The van der Waals surface area contributed by atoms with E-state index in [1.54, 1.807) is 0 Å². The van der Waals surface area contributed by atoms with Gasteiger partial charge in [-0.25, -0.2) is 0 Å². The van der Waals surface area contributed by atoms with Gasteiger partial charge in [0.2, 0.25) is 0 Å². The maximum Gasteiger partial charge on any atom is 0.305 e. The van der Waals surface area contributed by atoms with Crippen LogP contribution >= 0.6 is 0 Å². The second kappa shape index (κ2) is 8.46. The molecule has 6 nitrogen and oxygen atoms in total. The van der Waals surface area contributed by atoms with Crippen molar-refractivity contribution in [2.24, 2.45) is 0 Å². The molecule has 6 heteroatoms. The van der Waals surface area contributed by atoms with Crippen LogP contribution in [0, 0.1) is 0 Å². The molecule has 0 spiro atoms. The van der Waals surface area contributed by atoms with Crippen LogP contribution in [0.5, 0.6) is 0 Å². The Hall–Kier alpha value is -1.14. The summed E-state index contributed by atoms with van der Waals surface area (Å²) in [4.78, 5) is 19.3. The van der Waals surface area contributed by atoms with Crippen molar-refractivity contribution in [2.45, 2.75) is 38.9 Å². The van der Waals surface area contributed by atoms with Crippen LogP contribution in [0.15, 0.2) is 0 Å². The summed E-state index contributed by atoms with van der Waals surface area (Å²) >= 11 is 0. The molecule has 0 rings (SSSR count). The van der Waals surface area contributed by atoms with Gasteiger partial charge in [-0.15, -0.1) is 0 Å². The topological polar surface area (TPSA) is 115 Å². The zero-order chi connectivity index (χ0) is 11.7. The number of hydrogen-bond donors (Lipinski definition) is 4. The Bertz CT molecular complexity index is 155. The van der Waals surface area contributed by atoms with Crippen molar-refractivity contribution in [3.8, 4) is 0 Å². The van der Waals surface area contributed by atoms with E-state index in [0.717, 1.165) is 0 Å². The Labute approximate surface area is 81.8 Å². The normalized spacial score (nSPS) is 13.4. The fraction of sp³-hybridized carbons (Fsp3) is 0.750. The van der Waals surface area contributed by atoms with Gasteiger partial charge in [0.05, 0.1) is 25.0 Å². The molecule has 0 saturated carbocycles. The van der Waals surface area contributed by atoms with E-state index < -0.39 is 24.1 Å². The average molecular weight is 208 g/mol. The summed E-state index contributed by atoms with van der Waals surface area (Å²) in [7, 11) is 0. The lowest BCUT2D eigenvalue weighted by Gasteiger charge is -1.94. The summed E-state index contributed by atoms with van der Waals surface area (Å²) in [5, 5.41) is 32.5. The summed E-state index contributed by atoms with van der Waals surface area (Å²) in [5.74, 6) is -1.93. The second-order valence-electron chi connectivity index (χ2n) is 2.89. The van der Waals surface area contributed by atoms with E-state index >= 15 is 0 Å². The lowest BCUT2D eigenvalue weighted by Crippen LogP contribution is -2.07. The molecule has 0 aliphatic rings. The molecule has 0 aliphatic heterocycles. The minimum absolute atomic E-state index is 0.167. The number of rotatable bonds is 4. The quantitative estimate of drug-likeness (QED) is 0.503. The minimum Gasteiger partial charge on any atom is -0.481 e. The number of aliphatic hydroxyl groups is 2. The van der Waals surface area contributed by atoms with Gasteiger partial charge in [-0.2, -0.15) is 0 Å². The van der Waals surface area contributed by atoms with Gasteiger partial charge in [0.1, 0.15) is 0 Å². The minimum atomic E-state index is -0.963. The van der Waals surface area contributed by atoms with E-state index in [4.69, 9.17) is 20.4 Å². The van der Waals surface area contributed by atoms with E-state index in [2.05, 4.69) is 0 Å². The van der Waals surface area contributed by atoms with Gasteiger partial charge in [0.15, 0.2) is 0 Å².